The van der Waals surface area contributed by atoms with Crippen LogP contribution in [0.5, 0.6) is 0 Å². The van der Waals surface area contributed by atoms with Crippen LogP contribution in [-0.2, 0) is 23.8 Å². The fraction of sp³-hybridized carbons (Fsp3) is 0.174. The van der Waals surface area contributed by atoms with E-state index in [-0.39, 0.29) is 17.9 Å². The van der Waals surface area contributed by atoms with E-state index in [9.17, 15) is 18.0 Å². The summed E-state index contributed by atoms with van der Waals surface area (Å²) < 4.78 is 40.9. The van der Waals surface area contributed by atoms with Crippen molar-refractivity contribution in [1.29, 1.82) is 0 Å². The van der Waals surface area contributed by atoms with Gasteiger partial charge in [0, 0.05) is 11.1 Å². The molecule has 0 radical (unpaired) electrons. The third-order valence-electron chi connectivity index (χ3n) is 5.58. The summed E-state index contributed by atoms with van der Waals surface area (Å²) in [5.41, 5.74) is 2.80. The van der Waals surface area contributed by atoms with Gasteiger partial charge in [0.1, 0.15) is 12.7 Å². The highest BCUT2D eigenvalue weighted by molar-refractivity contribution is 6.01. The molecule has 2 N–H and O–H groups in total. The fourth-order valence-electron chi connectivity index (χ4n) is 4.12. The van der Waals surface area contributed by atoms with E-state index in [1.807, 2.05) is 18.2 Å². The highest BCUT2D eigenvalue weighted by atomic mass is 19.4. The zero-order valence-corrected chi connectivity index (χ0v) is 16.8. The third kappa shape index (κ3) is 3.66. The highest BCUT2D eigenvalue weighted by Crippen LogP contribution is 2.35. The number of alkyl halides is 3. The first-order valence-corrected chi connectivity index (χ1v) is 10.0. The van der Waals surface area contributed by atoms with Crippen LogP contribution in [0.3, 0.4) is 0 Å². The van der Waals surface area contributed by atoms with Crippen molar-refractivity contribution in [3.8, 4) is 5.69 Å². The Morgan fingerprint density at radius 3 is 2.59 bits per heavy atom. The van der Waals surface area contributed by atoms with Crippen LogP contribution in [0.15, 0.2) is 61.2 Å². The zero-order valence-electron chi connectivity index (χ0n) is 16.8. The normalized spacial score (nSPS) is 12.8. The number of rotatable bonds is 5. The maximum Gasteiger partial charge on any atom is 0.416 e. The van der Waals surface area contributed by atoms with Gasteiger partial charge >= 0.3 is 6.18 Å². The average molecular weight is 437 g/mol. The van der Waals surface area contributed by atoms with Gasteiger partial charge in [0.2, 0.25) is 5.91 Å². The Bertz CT molecular complexity index is 1310. The minimum absolute atomic E-state index is 0.00228. The van der Waals surface area contributed by atoms with Crippen LogP contribution in [0.2, 0.25) is 0 Å². The molecule has 1 aliphatic carbocycles. The van der Waals surface area contributed by atoms with Crippen LogP contribution in [-0.4, -0.2) is 27.2 Å². The van der Waals surface area contributed by atoms with Crippen LogP contribution < -0.4 is 10.6 Å². The molecule has 0 bridgehead atoms. The number of anilines is 2. The molecule has 32 heavy (non-hydrogen) atoms. The number of nitrogens with zero attached hydrogens (tertiary/aromatic N) is 3. The number of carbonyl (C=O) groups excluding carboxylic acids is 1. The zero-order chi connectivity index (χ0) is 22.3. The first kappa shape index (κ1) is 20.0. The van der Waals surface area contributed by atoms with Gasteiger partial charge in [0.15, 0.2) is 0 Å². The number of aryl methyl sites for hydroxylation is 2. The molecular weight excluding hydrogens is 419 g/mol. The number of amides is 1. The number of aromatic nitrogens is 3. The van der Waals surface area contributed by atoms with E-state index >= 15 is 0 Å². The molecule has 1 aromatic heterocycles. The van der Waals surface area contributed by atoms with Crippen LogP contribution in [0, 0.1) is 0 Å². The van der Waals surface area contributed by atoms with Crippen LogP contribution >= 0.6 is 0 Å². The van der Waals surface area contributed by atoms with E-state index in [4.69, 9.17) is 0 Å². The lowest BCUT2D eigenvalue weighted by atomic mass is 10.0. The van der Waals surface area contributed by atoms with Crippen LogP contribution in [0.1, 0.15) is 16.7 Å². The second-order valence-corrected chi connectivity index (χ2v) is 7.58. The third-order valence-corrected chi connectivity index (χ3v) is 5.58. The molecule has 0 saturated heterocycles. The minimum atomic E-state index is -4.54. The maximum absolute atomic E-state index is 13.2. The molecular formula is C23H18F3N5O. The van der Waals surface area contributed by atoms with E-state index in [0.29, 0.717) is 0 Å². The maximum atomic E-state index is 13.2. The summed E-state index contributed by atoms with van der Waals surface area (Å²) >= 11 is 0. The summed E-state index contributed by atoms with van der Waals surface area (Å²) in [4.78, 5) is 16.5. The van der Waals surface area contributed by atoms with Crippen molar-refractivity contribution in [1.82, 2.24) is 14.8 Å². The van der Waals surface area contributed by atoms with Crippen LogP contribution in [0.25, 0.3) is 16.5 Å². The summed E-state index contributed by atoms with van der Waals surface area (Å²) in [6, 6.07) is 13.2. The van der Waals surface area contributed by atoms with Crippen LogP contribution in [0.4, 0.5) is 24.5 Å². The smallest absolute Gasteiger partial charge is 0.376 e. The lowest BCUT2D eigenvalue weighted by Crippen LogP contribution is -2.23. The SMILES string of the molecule is O=C(CNc1ccc2c3c(cccc13)CC2)Nc1cc(C(F)(F)F)ccc1-n1cncn1. The van der Waals surface area contributed by atoms with Crippen molar-refractivity contribution in [2.24, 2.45) is 0 Å². The van der Waals surface area contributed by atoms with Gasteiger partial charge in [0.25, 0.3) is 0 Å². The van der Waals surface area contributed by atoms with E-state index in [2.05, 4.69) is 32.8 Å². The van der Waals surface area contributed by atoms with Crippen molar-refractivity contribution in [3.05, 3.63) is 77.9 Å². The predicted molar refractivity (Wildman–Crippen MR) is 115 cm³/mol. The molecule has 5 rings (SSSR count). The Hall–Kier alpha value is -3.88. The molecule has 0 spiro atoms. The van der Waals surface area contributed by atoms with E-state index < -0.39 is 17.6 Å². The Labute approximate surface area is 181 Å². The molecule has 6 nitrogen and oxygen atoms in total. The lowest BCUT2D eigenvalue weighted by Gasteiger charge is -2.15. The number of benzene rings is 3. The van der Waals surface area contributed by atoms with Crippen molar-refractivity contribution in [2.75, 3.05) is 17.2 Å². The van der Waals surface area contributed by atoms with Gasteiger partial charge in [-0.2, -0.15) is 18.3 Å². The van der Waals surface area contributed by atoms with E-state index in [1.165, 1.54) is 39.9 Å². The Morgan fingerprint density at radius 1 is 1.03 bits per heavy atom. The molecule has 0 unspecified atom stereocenters. The molecule has 3 aromatic carbocycles. The summed E-state index contributed by atoms with van der Waals surface area (Å²) in [6.45, 7) is -0.105. The molecule has 4 aromatic rings. The second kappa shape index (κ2) is 7.67. The van der Waals surface area contributed by atoms with Gasteiger partial charge < -0.3 is 10.6 Å². The molecule has 162 valence electrons. The van der Waals surface area contributed by atoms with Gasteiger partial charge in [-0.05, 0) is 53.6 Å². The summed E-state index contributed by atoms with van der Waals surface area (Å²) in [5, 5.41) is 11.9. The van der Waals surface area contributed by atoms with Crippen molar-refractivity contribution in [3.63, 3.8) is 0 Å². The molecule has 0 aliphatic heterocycles. The topological polar surface area (TPSA) is 71.8 Å². The van der Waals surface area contributed by atoms with Gasteiger partial charge in [-0.1, -0.05) is 24.3 Å². The monoisotopic (exact) mass is 437 g/mol. The molecule has 0 fully saturated rings. The summed E-state index contributed by atoms with van der Waals surface area (Å²) in [5.74, 6) is -0.478. The highest BCUT2D eigenvalue weighted by Gasteiger charge is 2.31. The van der Waals surface area contributed by atoms with E-state index in [0.717, 1.165) is 36.0 Å². The standard InChI is InChI=1S/C23H18F3N5O/c24-23(25,26)16-7-9-20(31-13-27-12-29-31)19(10-16)30-21(32)11-28-18-8-6-15-5-4-14-2-1-3-17(18)22(14)15/h1-3,6-10,12-13,28H,4-5,11H2,(H,30,32). The summed E-state index contributed by atoms with van der Waals surface area (Å²) in [7, 11) is 0. The largest absolute Gasteiger partial charge is 0.416 e. The molecule has 0 saturated carbocycles. The number of hydrogen-bond acceptors (Lipinski definition) is 4. The van der Waals surface area contributed by atoms with Crippen molar-refractivity contribution in [2.45, 2.75) is 19.0 Å². The van der Waals surface area contributed by atoms with Gasteiger partial charge in [-0.3, -0.25) is 4.79 Å². The first-order valence-electron chi connectivity index (χ1n) is 10.0. The number of nitrogens with one attached hydrogen (secondary N) is 2. The minimum Gasteiger partial charge on any atom is -0.376 e. The average Bonchev–Trinajstić information content (AvgIpc) is 3.44. The number of halogens is 3. The second-order valence-electron chi connectivity index (χ2n) is 7.58. The molecule has 9 heteroatoms. The fourth-order valence-corrected chi connectivity index (χ4v) is 4.12. The molecule has 1 amide bonds. The van der Waals surface area contributed by atoms with E-state index in [1.54, 1.807) is 0 Å². The quantitative estimate of drug-likeness (QED) is 0.479. The summed E-state index contributed by atoms with van der Waals surface area (Å²) in [6.07, 6.45) is 0.0708. The first-order chi connectivity index (χ1) is 15.4. The number of carbonyl (C=O) groups is 1. The molecule has 1 heterocycles. The Kier molecular flexibility index (Phi) is 4.80. The Balaban J connectivity index is 1.38. The predicted octanol–water partition coefficient (Wildman–Crippen LogP) is 4.59. The van der Waals surface area contributed by atoms with Gasteiger partial charge in [-0.25, -0.2) is 9.67 Å². The van der Waals surface area contributed by atoms with Gasteiger partial charge in [0.05, 0.1) is 23.5 Å². The lowest BCUT2D eigenvalue weighted by molar-refractivity contribution is -0.137. The molecule has 0 atom stereocenters. The number of hydrogen-bond donors (Lipinski definition) is 2. The van der Waals surface area contributed by atoms with Crippen molar-refractivity contribution < 1.29 is 18.0 Å². The molecule has 1 aliphatic rings. The van der Waals surface area contributed by atoms with Gasteiger partial charge in [-0.15, -0.1) is 0 Å². The van der Waals surface area contributed by atoms with Crippen molar-refractivity contribution >= 4 is 28.1 Å². The Morgan fingerprint density at radius 2 is 1.84 bits per heavy atom.